The molecule has 5 nitrogen and oxygen atoms in total. The molecular weight excluding hydrogens is 276 g/mol. The van der Waals surface area contributed by atoms with Crippen molar-refractivity contribution in [2.45, 2.75) is 62.7 Å². The number of aryl methyl sites for hydroxylation is 1. The number of carbonyl (C=O) groups is 1. The predicted molar refractivity (Wildman–Crippen MR) is 75.4 cm³/mol. The van der Waals surface area contributed by atoms with Gasteiger partial charge >= 0.3 is 5.97 Å². The van der Waals surface area contributed by atoms with Crippen LogP contribution < -0.4 is 5.32 Å². The van der Waals surface area contributed by atoms with Crippen molar-refractivity contribution in [1.29, 1.82) is 0 Å². The Morgan fingerprint density at radius 3 is 3.00 bits per heavy atom. The summed E-state index contributed by atoms with van der Waals surface area (Å²) in [5.74, 6) is -1.16. The molecule has 0 radical (unpaired) electrons. The largest absolute Gasteiger partial charge is 0.481 e. The number of ether oxygens (including phenoxy) is 1. The highest BCUT2D eigenvalue weighted by atomic mass is 32.1. The third-order valence-electron chi connectivity index (χ3n) is 4.67. The number of fused-ring (bicyclic) bond motifs is 3. The van der Waals surface area contributed by atoms with Crippen LogP contribution in [0.1, 0.15) is 48.6 Å². The van der Waals surface area contributed by atoms with Crippen molar-refractivity contribution in [2.75, 3.05) is 5.32 Å². The van der Waals surface area contributed by atoms with Gasteiger partial charge in [0.1, 0.15) is 5.92 Å². The van der Waals surface area contributed by atoms with Crippen LogP contribution in [0.5, 0.6) is 0 Å². The molecule has 1 aliphatic carbocycles. The van der Waals surface area contributed by atoms with Crippen molar-refractivity contribution in [1.82, 2.24) is 4.98 Å². The van der Waals surface area contributed by atoms with Crippen LogP contribution in [-0.2, 0) is 16.0 Å². The minimum Gasteiger partial charge on any atom is -0.481 e. The molecule has 4 unspecified atom stereocenters. The molecule has 2 bridgehead atoms. The Morgan fingerprint density at radius 2 is 2.30 bits per heavy atom. The lowest BCUT2D eigenvalue weighted by atomic mass is 9.91. The van der Waals surface area contributed by atoms with Crippen LogP contribution in [0.15, 0.2) is 0 Å². The molecule has 3 aliphatic rings. The van der Waals surface area contributed by atoms with Gasteiger partial charge in [-0.25, -0.2) is 4.98 Å². The van der Waals surface area contributed by atoms with Crippen molar-refractivity contribution >= 4 is 22.4 Å². The standard InChI is InChI=1S/C14H18N2O3S/c17-13(18)8-2-1-3-11-12(8)16-14(20-11)15-9-6-7-4-5-10(9)19-7/h7-10H,1-6H2,(H,15,16)(H,17,18). The molecule has 2 saturated heterocycles. The molecule has 108 valence electrons. The number of nitrogens with zero attached hydrogens (tertiary/aromatic N) is 1. The van der Waals surface area contributed by atoms with Gasteiger partial charge in [0, 0.05) is 4.88 Å². The summed E-state index contributed by atoms with van der Waals surface area (Å²) in [6.07, 6.45) is 6.72. The van der Waals surface area contributed by atoms with Crippen molar-refractivity contribution in [3.63, 3.8) is 0 Å². The van der Waals surface area contributed by atoms with E-state index >= 15 is 0 Å². The van der Waals surface area contributed by atoms with Crippen molar-refractivity contribution in [2.24, 2.45) is 0 Å². The Kier molecular flexibility index (Phi) is 2.96. The fourth-order valence-corrected chi connectivity index (χ4v) is 4.80. The summed E-state index contributed by atoms with van der Waals surface area (Å²) in [6.45, 7) is 0. The lowest BCUT2D eigenvalue weighted by Crippen LogP contribution is -2.30. The number of carboxylic acid groups (broad SMARTS) is 1. The van der Waals surface area contributed by atoms with Gasteiger partial charge in [0.25, 0.3) is 0 Å². The molecule has 0 spiro atoms. The summed E-state index contributed by atoms with van der Waals surface area (Å²) < 4.78 is 5.84. The van der Waals surface area contributed by atoms with Crippen LogP contribution in [0, 0.1) is 0 Å². The van der Waals surface area contributed by atoms with E-state index in [9.17, 15) is 9.90 Å². The van der Waals surface area contributed by atoms with Crippen LogP contribution in [0.3, 0.4) is 0 Å². The highest BCUT2D eigenvalue weighted by Gasteiger charge is 2.41. The van der Waals surface area contributed by atoms with Crippen LogP contribution in [-0.4, -0.2) is 34.3 Å². The fourth-order valence-electron chi connectivity index (χ4n) is 3.67. The quantitative estimate of drug-likeness (QED) is 0.895. The normalized spacial score (nSPS) is 35.0. The van der Waals surface area contributed by atoms with Crippen LogP contribution in [0.4, 0.5) is 5.13 Å². The average Bonchev–Trinajstić information content (AvgIpc) is 3.11. The topological polar surface area (TPSA) is 71.5 Å². The molecule has 4 rings (SSSR count). The molecule has 0 saturated carbocycles. The number of carboxylic acids is 1. The van der Waals surface area contributed by atoms with E-state index in [2.05, 4.69) is 10.3 Å². The smallest absolute Gasteiger partial charge is 0.312 e. The molecule has 2 fully saturated rings. The van der Waals surface area contributed by atoms with Crippen LogP contribution >= 0.6 is 11.3 Å². The number of aliphatic carboxylic acids is 1. The maximum atomic E-state index is 11.3. The van der Waals surface area contributed by atoms with E-state index in [-0.39, 0.29) is 0 Å². The molecule has 6 heteroatoms. The summed E-state index contributed by atoms with van der Waals surface area (Å²) in [4.78, 5) is 17.0. The van der Waals surface area contributed by atoms with Crippen LogP contribution in [0.2, 0.25) is 0 Å². The van der Waals surface area contributed by atoms with E-state index in [1.54, 1.807) is 11.3 Å². The van der Waals surface area contributed by atoms with E-state index in [1.165, 1.54) is 6.42 Å². The van der Waals surface area contributed by atoms with Crippen LogP contribution in [0.25, 0.3) is 0 Å². The van der Waals surface area contributed by atoms with Crippen molar-refractivity contribution in [3.05, 3.63) is 10.6 Å². The lowest BCUT2D eigenvalue weighted by Gasteiger charge is -2.19. The maximum Gasteiger partial charge on any atom is 0.312 e. The lowest BCUT2D eigenvalue weighted by molar-refractivity contribution is -0.139. The first-order valence-electron chi connectivity index (χ1n) is 7.35. The Labute approximate surface area is 121 Å². The van der Waals surface area contributed by atoms with E-state index in [0.29, 0.717) is 24.7 Å². The third kappa shape index (κ3) is 2.02. The zero-order valence-electron chi connectivity index (χ0n) is 11.2. The SMILES string of the molecule is O=C(O)C1CCCc2sc(NC3CC4CCC3O4)nc21. The summed E-state index contributed by atoms with van der Waals surface area (Å²) in [5, 5.41) is 13.6. The molecule has 1 aromatic rings. The number of hydrogen-bond donors (Lipinski definition) is 2. The third-order valence-corrected chi connectivity index (χ3v) is 5.73. The minimum atomic E-state index is -0.744. The number of rotatable bonds is 3. The molecule has 4 atom stereocenters. The van der Waals surface area contributed by atoms with Gasteiger partial charge in [-0.3, -0.25) is 4.79 Å². The molecule has 1 aromatic heterocycles. The van der Waals surface area contributed by atoms with E-state index in [0.717, 1.165) is 41.4 Å². The van der Waals surface area contributed by atoms with Gasteiger partial charge in [-0.05, 0) is 38.5 Å². The second-order valence-corrected chi connectivity index (χ2v) is 7.05. The molecule has 2 aliphatic heterocycles. The first-order chi connectivity index (χ1) is 9.70. The summed E-state index contributed by atoms with van der Waals surface area (Å²) in [6, 6.07) is 0.352. The predicted octanol–water partition coefficient (Wildman–Crippen LogP) is 2.38. The Morgan fingerprint density at radius 1 is 1.40 bits per heavy atom. The first-order valence-corrected chi connectivity index (χ1v) is 8.17. The molecule has 2 N–H and O–H groups in total. The Balaban J connectivity index is 1.54. The Bertz CT molecular complexity index is 545. The second kappa shape index (κ2) is 4.70. The summed E-state index contributed by atoms with van der Waals surface area (Å²) in [5.41, 5.74) is 0.792. The highest BCUT2D eigenvalue weighted by Crippen LogP contribution is 2.40. The number of anilines is 1. The molecule has 3 heterocycles. The number of aromatic nitrogens is 1. The second-order valence-electron chi connectivity index (χ2n) is 5.97. The summed E-state index contributed by atoms with van der Waals surface area (Å²) in [7, 11) is 0. The number of nitrogens with one attached hydrogen (secondary N) is 1. The molecule has 20 heavy (non-hydrogen) atoms. The van der Waals surface area contributed by atoms with E-state index < -0.39 is 11.9 Å². The zero-order valence-corrected chi connectivity index (χ0v) is 12.0. The maximum absolute atomic E-state index is 11.3. The van der Waals surface area contributed by atoms with Gasteiger partial charge in [-0.2, -0.15) is 0 Å². The van der Waals surface area contributed by atoms with Gasteiger partial charge in [-0.1, -0.05) is 0 Å². The monoisotopic (exact) mass is 294 g/mol. The van der Waals surface area contributed by atoms with Gasteiger partial charge in [0.2, 0.25) is 0 Å². The van der Waals surface area contributed by atoms with Crippen molar-refractivity contribution in [3.8, 4) is 0 Å². The highest BCUT2D eigenvalue weighted by molar-refractivity contribution is 7.15. The Hall–Kier alpha value is -1.14. The zero-order chi connectivity index (χ0) is 13.7. The molecule has 0 aromatic carbocycles. The van der Waals surface area contributed by atoms with Gasteiger partial charge in [-0.15, -0.1) is 11.3 Å². The molecule has 0 amide bonds. The summed E-state index contributed by atoms with van der Waals surface area (Å²) >= 11 is 1.63. The van der Waals surface area contributed by atoms with E-state index in [1.807, 2.05) is 0 Å². The molecular formula is C14H18N2O3S. The first kappa shape index (κ1) is 12.6. The minimum absolute atomic E-state index is 0.316. The van der Waals surface area contributed by atoms with Gasteiger partial charge in [0.15, 0.2) is 5.13 Å². The van der Waals surface area contributed by atoms with Gasteiger partial charge in [0.05, 0.1) is 23.9 Å². The van der Waals surface area contributed by atoms with E-state index in [4.69, 9.17) is 4.74 Å². The number of thiazole rings is 1. The van der Waals surface area contributed by atoms with Crippen molar-refractivity contribution < 1.29 is 14.6 Å². The van der Waals surface area contributed by atoms with Gasteiger partial charge < -0.3 is 15.2 Å². The number of hydrogen-bond acceptors (Lipinski definition) is 5. The average molecular weight is 294 g/mol. The fraction of sp³-hybridized carbons (Fsp3) is 0.714.